The molecule has 2 rings (SSSR count). The lowest BCUT2D eigenvalue weighted by Crippen LogP contribution is -2.37. The predicted octanol–water partition coefficient (Wildman–Crippen LogP) is 2.01. The van der Waals surface area contributed by atoms with Crippen molar-refractivity contribution in [3.8, 4) is 0 Å². The van der Waals surface area contributed by atoms with Crippen LogP contribution in [-0.4, -0.2) is 11.8 Å². The van der Waals surface area contributed by atoms with Crippen LogP contribution in [0.2, 0.25) is 0 Å². The highest BCUT2D eigenvalue weighted by molar-refractivity contribution is 7.13. The highest BCUT2D eigenvalue weighted by Crippen LogP contribution is 2.17. The largest absolute Gasteiger partial charge is 0.368 e. The molecule has 2 aromatic rings. The van der Waals surface area contributed by atoms with E-state index < -0.39 is 11.9 Å². The molecule has 0 aliphatic carbocycles. The zero-order chi connectivity index (χ0) is 13.8. The zero-order valence-electron chi connectivity index (χ0n) is 10.4. The molecule has 3 N–H and O–H groups in total. The van der Waals surface area contributed by atoms with Gasteiger partial charge in [-0.25, -0.2) is 0 Å². The van der Waals surface area contributed by atoms with Gasteiger partial charge in [0.25, 0.3) is 5.91 Å². The van der Waals surface area contributed by atoms with Crippen molar-refractivity contribution in [1.82, 2.24) is 5.32 Å². The maximum absolute atomic E-state index is 12.0. The number of thiophene rings is 1. The van der Waals surface area contributed by atoms with E-state index in [4.69, 9.17) is 5.73 Å². The van der Waals surface area contributed by atoms with Crippen molar-refractivity contribution in [3.05, 3.63) is 57.8 Å². The van der Waals surface area contributed by atoms with Crippen molar-refractivity contribution in [2.24, 2.45) is 5.73 Å². The summed E-state index contributed by atoms with van der Waals surface area (Å²) in [5.41, 5.74) is 6.03. The third-order valence-corrected chi connectivity index (χ3v) is 3.66. The topological polar surface area (TPSA) is 72.2 Å². The van der Waals surface area contributed by atoms with Crippen LogP contribution in [0.5, 0.6) is 0 Å². The Morgan fingerprint density at radius 3 is 2.37 bits per heavy atom. The number of rotatable bonds is 4. The van der Waals surface area contributed by atoms with Crippen molar-refractivity contribution in [3.63, 3.8) is 0 Å². The molecule has 1 heterocycles. The Bertz CT molecular complexity index is 593. The summed E-state index contributed by atoms with van der Waals surface area (Å²) in [6.07, 6.45) is 0. The molecule has 0 spiro atoms. The molecule has 19 heavy (non-hydrogen) atoms. The molecule has 4 nitrogen and oxygen atoms in total. The maximum atomic E-state index is 12.0. The average molecular weight is 274 g/mol. The normalized spacial score (nSPS) is 11.8. The number of hydrogen-bond acceptors (Lipinski definition) is 3. The molecule has 0 fully saturated rings. The van der Waals surface area contributed by atoms with Gasteiger partial charge in [-0.2, -0.15) is 0 Å². The molecule has 0 saturated carbocycles. The number of benzene rings is 1. The summed E-state index contributed by atoms with van der Waals surface area (Å²) in [7, 11) is 0. The summed E-state index contributed by atoms with van der Waals surface area (Å²) >= 11 is 1.38. The SMILES string of the molecule is Cc1ccc(C(=O)NC(C(N)=O)c2ccccc2)s1. The zero-order valence-corrected chi connectivity index (χ0v) is 11.2. The standard InChI is InChI=1S/C14H14N2O2S/c1-9-7-8-11(19-9)14(18)16-12(13(15)17)10-5-3-2-4-6-10/h2-8,12H,1H3,(H2,15,17)(H,16,18). The minimum Gasteiger partial charge on any atom is -0.368 e. The second-order valence-corrected chi connectivity index (χ2v) is 5.42. The van der Waals surface area contributed by atoms with Crippen LogP contribution in [0.4, 0.5) is 0 Å². The summed E-state index contributed by atoms with van der Waals surface area (Å²) in [5, 5.41) is 2.66. The fraction of sp³-hybridized carbons (Fsp3) is 0.143. The van der Waals surface area contributed by atoms with Gasteiger partial charge in [-0.05, 0) is 24.6 Å². The first-order valence-electron chi connectivity index (χ1n) is 5.79. The third kappa shape index (κ3) is 3.20. The number of amides is 2. The van der Waals surface area contributed by atoms with E-state index in [1.165, 1.54) is 11.3 Å². The van der Waals surface area contributed by atoms with Gasteiger partial charge in [0, 0.05) is 4.88 Å². The Kier molecular flexibility index (Phi) is 3.97. The van der Waals surface area contributed by atoms with E-state index >= 15 is 0 Å². The molecular weight excluding hydrogens is 260 g/mol. The van der Waals surface area contributed by atoms with Gasteiger partial charge in [0.2, 0.25) is 5.91 Å². The number of aryl methyl sites for hydroxylation is 1. The Morgan fingerprint density at radius 1 is 1.16 bits per heavy atom. The molecule has 1 atom stereocenters. The van der Waals surface area contributed by atoms with E-state index in [1.54, 1.807) is 30.3 Å². The van der Waals surface area contributed by atoms with Gasteiger partial charge in [-0.1, -0.05) is 30.3 Å². The number of nitrogens with two attached hydrogens (primary N) is 1. The van der Waals surface area contributed by atoms with Crippen molar-refractivity contribution < 1.29 is 9.59 Å². The van der Waals surface area contributed by atoms with Crippen LogP contribution in [-0.2, 0) is 4.79 Å². The maximum Gasteiger partial charge on any atom is 0.262 e. The minimum atomic E-state index is -0.809. The number of hydrogen-bond donors (Lipinski definition) is 2. The Balaban J connectivity index is 2.18. The Morgan fingerprint density at radius 2 is 1.84 bits per heavy atom. The van der Waals surface area contributed by atoms with E-state index in [-0.39, 0.29) is 5.91 Å². The highest BCUT2D eigenvalue weighted by atomic mass is 32.1. The van der Waals surface area contributed by atoms with Crippen molar-refractivity contribution >= 4 is 23.2 Å². The molecule has 1 aromatic carbocycles. The van der Waals surface area contributed by atoms with Crippen molar-refractivity contribution in [2.75, 3.05) is 0 Å². The van der Waals surface area contributed by atoms with E-state index in [9.17, 15) is 9.59 Å². The predicted molar refractivity (Wildman–Crippen MR) is 74.9 cm³/mol. The summed E-state index contributed by atoms with van der Waals surface area (Å²) in [6, 6.07) is 11.7. The number of carbonyl (C=O) groups is 2. The van der Waals surface area contributed by atoms with Crippen LogP contribution < -0.4 is 11.1 Å². The van der Waals surface area contributed by atoms with E-state index in [0.717, 1.165) is 4.88 Å². The van der Waals surface area contributed by atoms with Crippen LogP contribution in [0.3, 0.4) is 0 Å². The van der Waals surface area contributed by atoms with Crippen molar-refractivity contribution in [2.45, 2.75) is 13.0 Å². The molecule has 0 radical (unpaired) electrons. The molecule has 0 aliphatic heterocycles. The summed E-state index contributed by atoms with van der Waals surface area (Å²) in [6.45, 7) is 1.92. The van der Waals surface area contributed by atoms with E-state index in [1.807, 2.05) is 19.1 Å². The average Bonchev–Trinajstić information content (AvgIpc) is 2.83. The molecular formula is C14H14N2O2S. The molecule has 0 saturated heterocycles. The van der Waals surface area contributed by atoms with Gasteiger partial charge < -0.3 is 11.1 Å². The van der Waals surface area contributed by atoms with Crippen LogP contribution >= 0.6 is 11.3 Å². The monoisotopic (exact) mass is 274 g/mol. The lowest BCUT2D eigenvalue weighted by molar-refractivity contribution is -0.120. The first kappa shape index (κ1) is 13.3. The number of carbonyl (C=O) groups excluding carboxylic acids is 2. The molecule has 1 unspecified atom stereocenters. The van der Waals surface area contributed by atoms with Crippen LogP contribution in [0.1, 0.15) is 26.2 Å². The fourth-order valence-electron chi connectivity index (χ4n) is 1.72. The van der Waals surface area contributed by atoms with Gasteiger partial charge >= 0.3 is 0 Å². The second kappa shape index (κ2) is 5.67. The molecule has 0 bridgehead atoms. The fourth-order valence-corrected chi connectivity index (χ4v) is 2.49. The number of primary amides is 1. The van der Waals surface area contributed by atoms with Crippen LogP contribution in [0, 0.1) is 6.92 Å². The van der Waals surface area contributed by atoms with Gasteiger partial charge in [0.05, 0.1) is 4.88 Å². The molecule has 2 amide bonds. The van der Waals surface area contributed by atoms with Crippen LogP contribution in [0.15, 0.2) is 42.5 Å². The summed E-state index contributed by atoms with van der Waals surface area (Å²) < 4.78 is 0. The quantitative estimate of drug-likeness (QED) is 0.895. The Labute approximate surface area is 115 Å². The Hall–Kier alpha value is -2.14. The van der Waals surface area contributed by atoms with Gasteiger partial charge in [0.1, 0.15) is 6.04 Å². The first-order valence-corrected chi connectivity index (χ1v) is 6.61. The second-order valence-electron chi connectivity index (χ2n) is 4.13. The van der Waals surface area contributed by atoms with Gasteiger partial charge in [-0.3, -0.25) is 9.59 Å². The van der Waals surface area contributed by atoms with Gasteiger partial charge in [-0.15, -0.1) is 11.3 Å². The molecule has 0 aliphatic rings. The smallest absolute Gasteiger partial charge is 0.262 e. The minimum absolute atomic E-state index is 0.286. The first-order chi connectivity index (χ1) is 9.08. The lowest BCUT2D eigenvalue weighted by Gasteiger charge is -2.15. The lowest BCUT2D eigenvalue weighted by atomic mass is 10.1. The third-order valence-electron chi connectivity index (χ3n) is 2.66. The van der Waals surface area contributed by atoms with Crippen LogP contribution in [0.25, 0.3) is 0 Å². The molecule has 1 aromatic heterocycles. The molecule has 5 heteroatoms. The van der Waals surface area contributed by atoms with Crippen molar-refractivity contribution in [1.29, 1.82) is 0 Å². The molecule has 98 valence electrons. The summed E-state index contributed by atoms with van der Waals surface area (Å²) in [5.74, 6) is -0.862. The summed E-state index contributed by atoms with van der Waals surface area (Å²) in [4.78, 5) is 25.1. The van der Waals surface area contributed by atoms with Gasteiger partial charge in [0.15, 0.2) is 0 Å². The van der Waals surface area contributed by atoms with E-state index in [2.05, 4.69) is 5.32 Å². The van der Waals surface area contributed by atoms with E-state index in [0.29, 0.717) is 10.4 Å². The highest BCUT2D eigenvalue weighted by Gasteiger charge is 2.21. The number of nitrogens with one attached hydrogen (secondary N) is 1.